The first kappa shape index (κ1) is 39.6. The lowest BCUT2D eigenvalue weighted by Crippen LogP contribution is -2.37. The zero-order valence-electron chi connectivity index (χ0n) is 28.8. The van der Waals surface area contributed by atoms with Crippen LogP contribution in [0, 0.1) is 0 Å². The monoisotopic (exact) mass is 772 g/mol. The lowest BCUT2D eigenvalue weighted by molar-refractivity contribution is 0.0948. The molecule has 4 aromatic rings. The van der Waals surface area contributed by atoms with Gasteiger partial charge in [0.2, 0.25) is 17.7 Å². The van der Waals surface area contributed by atoms with Crippen LogP contribution < -0.4 is 43.2 Å². The van der Waals surface area contributed by atoms with Gasteiger partial charge in [0.15, 0.2) is 11.5 Å². The number of carbonyl (C=O) groups is 3. The molecule has 1 heterocycles. The summed E-state index contributed by atoms with van der Waals surface area (Å²) in [7, 11) is -4.44. The molecule has 1 aliphatic rings. The summed E-state index contributed by atoms with van der Waals surface area (Å²) < 4.78 is 77.7. The van der Waals surface area contributed by atoms with Crippen molar-refractivity contribution in [2.24, 2.45) is 0 Å². The number of amides is 4. The number of rotatable bonds is 14. The lowest BCUT2D eigenvalue weighted by atomic mass is 10.2. The van der Waals surface area contributed by atoms with Gasteiger partial charge < -0.3 is 28.4 Å². The molecular formula is C33H36N6O12S2. The summed E-state index contributed by atoms with van der Waals surface area (Å²) in [5.74, 6) is -0.622. The summed E-state index contributed by atoms with van der Waals surface area (Å²) in [5, 5.41) is 4.97. The number of methoxy groups -OCH3 is 3. The van der Waals surface area contributed by atoms with E-state index in [0.29, 0.717) is 12.2 Å². The van der Waals surface area contributed by atoms with Gasteiger partial charge in [-0.3, -0.25) is 14.9 Å². The standard InChI is InChI=1S/C18H18N2O5S.C15H18N4O7S/c1-25-16-5-3-2-4-15(16)18(22)20-26(23,24)14-10-6-12(7-11-14)17(21)19-13-8-9-13;1-4-25-10-7-5-6-8-11(10)26-27(21,22)19-15(20)18-14-16-12(23-2)9-13(17-14)24-3/h2-7,10-11,13H,8-9H2,1H3,(H,19,21)(H,20,22);5-9H,4H2,1-3H3,(H2,16,17,18,19,20). The Kier molecular flexibility index (Phi) is 13.4. The van der Waals surface area contributed by atoms with Crippen LogP contribution in [0.5, 0.6) is 29.0 Å². The Labute approximate surface area is 305 Å². The Bertz CT molecular complexity index is 2120. The van der Waals surface area contributed by atoms with Crippen molar-refractivity contribution in [2.75, 3.05) is 33.3 Å². The number of hydrogen-bond donors (Lipinski definition) is 4. The number of urea groups is 1. The van der Waals surface area contributed by atoms with E-state index in [9.17, 15) is 31.2 Å². The molecule has 1 fully saturated rings. The van der Waals surface area contributed by atoms with Crippen LogP contribution in [0.1, 0.15) is 40.5 Å². The highest BCUT2D eigenvalue weighted by molar-refractivity contribution is 7.90. The molecule has 0 spiro atoms. The van der Waals surface area contributed by atoms with Crippen molar-refractivity contribution in [1.82, 2.24) is 24.7 Å². The lowest BCUT2D eigenvalue weighted by Gasteiger charge is -2.12. The van der Waals surface area contributed by atoms with Gasteiger partial charge >= 0.3 is 16.3 Å². The number of ether oxygens (including phenoxy) is 4. The number of hydrogen-bond acceptors (Lipinski definition) is 14. The molecule has 4 amide bonds. The van der Waals surface area contributed by atoms with Gasteiger partial charge in [-0.1, -0.05) is 24.3 Å². The van der Waals surface area contributed by atoms with Gasteiger partial charge in [0.1, 0.15) is 5.75 Å². The Hall–Kier alpha value is -6.15. The van der Waals surface area contributed by atoms with Crippen molar-refractivity contribution in [3.05, 3.63) is 90.0 Å². The maximum Gasteiger partial charge on any atom is 0.411 e. The van der Waals surface area contributed by atoms with Gasteiger partial charge in [0, 0.05) is 11.6 Å². The average Bonchev–Trinajstić information content (AvgIpc) is 3.96. The zero-order valence-corrected chi connectivity index (χ0v) is 30.4. The second-order valence-corrected chi connectivity index (χ2v) is 13.6. The minimum Gasteiger partial charge on any atom is -0.496 e. The third-order valence-electron chi connectivity index (χ3n) is 6.81. The van der Waals surface area contributed by atoms with E-state index in [4.69, 9.17) is 23.1 Å². The minimum atomic E-state index is -4.49. The van der Waals surface area contributed by atoms with Gasteiger partial charge in [0.25, 0.3) is 21.8 Å². The van der Waals surface area contributed by atoms with Gasteiger partial charge in [0.05, 0.1) is 44.5 Å². The molecular weight excluding hydrogens is 737 g/mol. The molecule has 0 bridgehead atoms. The number of nitrogens with zero attached hydrogens (tertiary/aromatic N) is 2. The fraction of sp³-hybridized carbons (Fsp3) is 0.242. The predicted octanol–water partition coefficient (Wildman–Crippen LogP) is 3.04. The maximum absolute atomic E-state index is 12.4. The Morgan fingerprint density at radius 3 is 1.89 bits per heavy atom. The van der Waals surface area contributed by atoms with Gasteiger partial charge in [-0.25, -0.2) is 22.7 Å². The van der Waals surface area contributed by atoms with Crippen molar-refractivity contribution in [2.45, 2.75) is 30.7 Å². The molecule has 18 nitrogen and oxygen atoms in total. The molecule has 0 saturated heterocycles. The average molecular weight is 773 g/mol. The summed E-state index contributed by atoms with van der Waals surface area (Å²) in [5.41, 5.74) is 0.478. The molecule has 1 aliphatic carbocycles. The van der Waals surface area contributed by atoms with E-state index < -0.39 is 32.3 Å². The van der Waals surface area contributed by atoms with Crippen molar-refractivity contribution in [1.29, 1.82) is 0 Å². The molecule has 0 unspecified atom stereocenters. The summed E-state index contributed by atoms with van der Waals surface area (Å²) in [6.45, 7) is 2.04. The van der Waals surface area contributed by atoms with E-state index in [1.165, 1.54) is 69.9 Å². The van der Waals surface area contributed by atoms with Crippen LogP contribution in [0.25, 0.3) is 0 Å². The van der Waals surface area contributed by atoms with Crippen molar-refractivity contribution < 1.29 is 54.3 Å². The second-order valence-electron chi connectivity index (χ2n) is 10.7. The van der Waals surface area contributed by atoms with Gasteiger partial charge in [-0.2, -0.15) is 18.4 Å². The van der Waals surface area contributed by atoms with Crippen LogP contribution in [0.2, 0.25) is 0 Å². The van der Waals surface area contributed by atoms with E-state index in [1.54, 1.807) is 42.0 Å². The van der Waals surface area contributed by atoms with E-state index in [2.05, 4.69) is 20.6 Å². The molecule has 1 aromatic heterocycles. The van der Waals surface area contributed by atoms with Crippen molar-refractivity contribution in [3.8, 4) is 29.0 Å². The van der Waals surface area contributed by atoms with Gasteiger partial charge in [-0.05, 0) is 68.3 Å². The third-order valence-corrected chi connectivity index (χ3v) is 8.99. The van der Waals surface area contributed by atoms with Crippen LogP contribution in [-0.2, 0) is 20.3 Å². The van der Waals surface area contributed by atoms with E-state index >= 15 is 0 Å². The highest BCUT2D eigenvalue weighted by Crippen LogP contribution is 2.27. The Morgan fingerprint density at radius 1 is 0.736 bits per heavy atom. The molecule has 0 aliphatic heterocycles. The van der Waals surface area contributed by atoms with Crippen molar-refractivity contribution in [3.63, 3.8) is 0 Å². The summed E-state index contributed by atoms with van der Waals surface area (Å²) in [6.07, 6.45) is 1.93. The predicted molar refractivity (Wildman–Crippen MR) is 189 cm³/mol. The first-order chi connectivity index (χ1) is 25.3. The van der Waals surface area contributed by atoms with Crippen LogP contribution in [0.3, 0.4) is 0 Å². The number of nitrogens with one attached hydrogen (secondary N) is 4. The number of carbonyl (C=O) groups excluding carboxylic acids is 3. The highest BCUT2D eigenvalue weighted by Gasteiger charge is 2.25. The van der Waals surface area contributed by atoms with Crippen molar-refractivity contribution >= 4 is 44.1 Å². The van der Waals surface area contributed by atoms with E-state index in [-0.39, 0.29) is 57.4 Å². The van der Waals surface area contributed by atoms with Crippen LogP contribution in [-0.4, -0.2) is 78.6 Å². The quantitative estimate of drug-likeness (QED) is 0.144. The largest absolute Gasteiger partial charge is 0.496 e. The molecule has 4 N–H and O–H groups in total. The topological polar surface area (TPSA) is 240 Å². The smallest absolute Gasteiger partial charge is 0.411 e. The SMILES string of the molecule is CCOc1ccccc1OS(=O)(=O)NC(=O)Nc1nc(OC)cc(OC)n1.COc1ccccc1C(=O)NS(=O)(=O)c1ccc(C(=O)NC2CC2)cc1. The molecule has 5 rings (SSSR count). The maximum atomic E-state index is 12.4. The first-order valence-corrected chi connectivity index (χ1v) is 18.5. The minimum absolute atomic E-state index is 0.0704. The summed E-state index contributed by atoms with van der Waals surface area (Å²) in [6, 6.07) is 18.3. The number of para-hydroxylation sites is 3. The second kappa shape index (κ2) is 17.9. The van der Waals surface area contributed by atoms with Crippen LogP contribution >= 0.6 is 0 Å². The normalized spacial score (nSPS) is 12.2. The molecule has 20 heteroatoms. The van der Waals surface area contributed by atoms with Crippen LogP contribution in [0.15, 0.2) is 83.8 Å². The van der Waals surface area contributed by atoms with Crippen LogP contribution in [0.4, 0.5) is 10.7 Å². The number of aromatic nitrogens is 2. The molecule has 0 atom stereocenters. The summed E-state index contributed by atoms with van der Waals surface area (Å²) in [4.78, 5) is 43.8. The molecule has 3 aromatic carbocycles. The zero-order chi connectivity index (χ0) is 38.6. The third kappa shape index (κ3) is 11.7. The number of anilines is 1. The highest BCUT2D eigenvalue weighted by atomic mass is 32.2. The Balaban J connectivity index is 0.000000237. The Morgan fingerprint density at radius 2 is 1.32 bits per heavy atom. The van der Waals surface area contributed by atoms with E-state index in [0.717, 1.165) is 12.8 Å². The fourth-order valence-corrected chi connectivity index (χ4v) is 5.85. The molecule has 53 heavy (non-hydrogen) atoms. The number of sulfonamides is 1. The van der Waals surface area contributed by atoms with E-state index in [1.807, 2.05) is 4.72 Å². The first-order valence-electron chi connectivity index (χ1n) is 15.6. The summed E-state index contributed by atoms with van der Waals surface area (Å²) >= 11 is 0. The molecule has 282 valence electrons. The fourth-order valence-electron chi connectivity index (χ4n) is 4.19. The van der Waals surface area contributed by atoms with Gasteiger partial charge in [-0.15, -0.1) is 0 Å². The molecule has 1 saturated carbocycles. The number of benzene rings is 3. The molecule has 0 radical (unpaired) electrons.